The Kier molecular flexibility index (Phi) is 4.22. The summed E-state index contributed by atoms with van der Waals surface area (Å²) in [6.07, 6.45) is 2.05. The van der Waals surface area contributed by atoms with Gasteiger partial charge in [-0.2, -0.15) is 0 Å². The van der Waals surface area contributed by atoms with Crippen LogP contribution in [0.4, 0.5) is 0 Å². The van der Waals surface area contributed by atoms with Crippen molar-refractivity contribution >= 4 is 44.5 Å². The van der Waals surface area contributed by atoms with Gasteiger partial charge in [-0.3, -0.25) is 4.79 Å². The van der Waals surface area contributed by atoms with E-state index >= 15 is 0 Å². The second kappa shape index (κ2) is 5.97. The van der Waals surface area contributed by atoms with Gasteiger partial charge in [-0.1, -0.05) is 15.9 Å². The average molecular weight is 371 g/mol. The molecular formula is C15H17BrClN3O. The van der Waals surface area contributed by atoms with Crippen LogP contribution in [0, 0.1) is 5.92 Å². The topological polar surface area (TPSA) is 46.9 Å². The summed E-state index contributed by atoms with van der Waals surface area (Å²) in [5.41, 5.74) is 1.96. The minimum absolute atomic E-state index is 0.169. The predicted octanol–water partition coefficient (Wildman–Crippen LogP) is 3.62. The molecule has 0 spiro atoms. The lowest BCUT2D eigenvalue weighted by Crippen LogP contribution is -2.28. The third-order valence-electron chi connectivity index (χ3n) is 3.68. The van der Waals surface area contributed by atoms with Gasteiger partial charge in [-0.05, 0) is 38.0 Å². The molecule has 21 heavy (non-hydrogen) atoms. The monoisotopic (exact) mass is 369 g/mol. The molecule has 1 N–H and O–H groups in total. The number of benzene rings is 1. The molecule has 1 saturated carbocycles. The summed E-state index contributed by atoms with van der Waals surface area (Å²) in [7, 11) is 0. The summed E-state index contributed by atoms with van der Waals surface area (Å²) in [4.78, 5) is 16.3. The molecule has 1 aromatic heterocycles. The Morgan fingerprint density at radius 1 is 1.57 bits per heavy atom. The number of carbonyl (C=O) groups is 1. The highest BCUT2D eigenvalue weighted by Gasteiger charge is 2.29. The Bertz CT molecular complexity index is 679. The summed E-state index contributed by atoms with van der Waals surface area (Å²) in [6.45, 7) is 3.20. The number of aromatic nitrogens is 2. The van der Waals surface area contributed by atoms with Crippen molar-refractivity contribution < 1.29 is 4.79 Å². The Hall–Kier alpha value is -1.07. The first-order valence-corrected chi connectivity index (χ1v) is 8.36. The first kappa shape index (κ1) is 14.9. The molecule has 1 fully saturated rings. The zero-order chi connectivity index (χ0) is 15.0. The summed E-state index contributed by atoms with van der Waals surface area (Å²) >= 11 is 9.70. The number of carbonyl (C=O) groups excluding carboxylic acids is 1. The molecule has 6 heteroatoms. The zero-order valence-corrected chi connectivity index (χ0v) is 14.1. The van der Waals surface area contributed by atoms with Gasteiger partial charge in [-0.15, -0.1) is 11.6 Å². The highest BCUT2D eigenvalue weighted by Crippen LogP contribution is 2.29. The minimum Gasteiger partial charge on any atom is -0.354 e. The van der Waals surface area contributed by atoms with Crippen molar-refractivity contribution in [2.45, 2.75) is 31.7 Å². The van der Waals surface area contributed by atoms with Gasteiger partial charge in [0.2, 0.25) is 5.91 Å². The molecule has 2 aromatic rings. The van der Waals surface area contributed by atoms with Crippen LogP contribution in [0.2, 0.25) is 0 Å². The Labute approximate surface area is 137 Å². The van der Waals surface area contributed by atoms with Crippen molar-refractivity contribution in [3.05, 3.63) is 28.5 Å². The van der Waals surface area contributed by atoms with E-state index in [-0.39, 0.29) is 17.2 Å². The van der Waals surface area contributed by atoms with Crippen LogP contribution in [0.5, 0.6) is 0 Å². The van der Waals surface area contributed by atoms with Crippen molar-refractivity contribution in [3.63, 3.8) is 0 Å². The number of hydrogen-bond acceptors (Lipinski definition) is 2. The Morgan fingerprint density at radius 2 is 2.33 bits per heavy atom. The van der Waals surface area contributed by atoms with Gasteiger partial charge in [0.05, 0.1) is 16.4 Å². The van der Waals surface area contributed by atoms with Gasteiger partial charge in [0.25, 0.3) is 0 Å². The number of nitrogens with one attached hydrogen (secondary N) is 1. The molecule has 3 rings (SSSR count). The molecule has 1 atom stereocenters. The maximum Gasteiger partial charge on any atom is 0.223 e. The molecule has 112 valence electrons. The number of halogens is 2. The van der Waals surface area contributed by atoms with Crippen molar-refractivity contribution in [3.8, 4) is 0 Å². The fourth-order valence-corrected chi connectivity index (χ4v) is 2.96. The predicted molar refractivity (Wildman–Crippen MR) is 87.4 cm³/mol. The number of fused-ring (bicyclic) bond motifs is 1. The highest BCUT2D eigenvalue weighted by molar-refractivity contribution is 9.10. The van der Waals surface area contributed by atoms with Crippen LogP contribution in [0.15, 0.2) is 22.7 Å². The van der Waals surface area contributed by atoms with Crippen molar-refractivity contribution in [1.29, 1.82) is 0 Å². The van der Waals surface area contributed by atoms with Crippen LogP contribution < -0.4 is 5.32 Å². The quantitative estimate of drug-likeness (QED) is 0.817. The smallest absolute Gasteiger partial charge is 0.223 e. The second-order valence-corrected chi connectivity index (χ2v) is 7.01. The van der Waals surface area contributed by atoms with Crippen molar-refractivity contribution in [1.82, 2.24) is 14.9 Å². The van der Waals surface area contributed by atoms with E-state index in [0.717, 1.165) is 34.2 Å². The Morgan fingerprint density at radius 3 is 3.00 bits per heavy atom. The number of imidazole rings is 1. The summed E-state index contributed by atoms with van der Waals surface area (Å²) < 4.78 is 3.09. The third-order valence-corrected chi connectivity index (χ3v) is 4.37. The molecule has 0 radical (unpaired) electrons. The normalized spacial score (nSPS) is 16.1. The standard InChI is InChI=1S/C15H17BrClN3O/c1-9(17)14-19-12-8-11(16)4-5-13(12)20(14)7-6-18-15(21)10-2-3-10/h4-5,8-10H,2-3,6-7H2,1H3,(H,18,21). The van der Waals surface area contributed by atoms with Gasteiger partial charge in [0.1, 0.15) is 5.82 Å². The molecule has 1 unspecified atom stereocenters. The number of nitrogens with zero attached hydrogens (tertiary/aromatic N) is 2. The van der Waals surface area contributed by atoms with Gasteiger partial charge in [0.15, 0.2) is 0 Å². The fraction of sp³-hybridized carbons (Fsp3) is 0.467. The zero-order valence-electron chi connectivity index (χ0n) is 11.8. The van der Waals surface area contributed by atoms with Crippen molar-refractivity contribution in [2.24, 2.45) is 5.92 Å². The second-order valence-electron chi connectivity index (χ2n) is 5.44. The number of alkyl halides is 1. The average Bonchev–Trinajstić information content (AvgIpc) is 3.22. The first-order valence-electron chi connectivity index (χ1n) is 7.13. The maximum absolute atomic E-state index is 11.7. The van der Waals surface area contributed by atoms with E-state index in [0.29, 0.717) is 13.1 Å². The van der Waals surface area contributed by atoms with Crippen LogP contribution in [0.3, 0.4) is 0 Å². The lowest BCUT2D eigenvalue weighted by Gasteiger charge is -2.11. The molecule has 0 aliphatic heterocycles. The molecule has 1 aliphatic rings. The van der Waals surface area contributed by atoms with E-state index in [4.69, 9.17) is 11.6 Å². The lowest BCUT2D eigenvalue weighted by molar-refractivity contribution is -0.122. The molecule has 1 aliphatic carbocycles. The van der Waals surface area contributed by atoms with E-state index in [1.165, 1.54) is 0 Å². The molecular weight excluding hydrogens is 354 g/mol. The summed E-state index contributed by atoms with van der Waals surface area (Å²) in [6, 6.07) is 6.00. The molecule has 1 aromatic carbocycles. The summed E-state index contributed by atoms with van der Waals surface area (Å²) in [5, 5.41) is 2.81. The summed E-state index contributed by atoms with van der Waals surface area (Å²) in [5.74, 6) is 1.25. The van der Waals surface area contributed by atoms with Crippen molar-refractivity contribution in [2.75, 3.05) is 6.54 Å². The Balaban J connectivity index is 1.81. The number of hydrogen-bond donors (Lipinski definition) is 1. The van der Waals surface area contributed by atoms with E-state index < -0.39 is 0 Å². The minimum atomic E-state index is -0.171. The largest absolute Gasteiger partial charge is 0.354 e. The third kappa shape index (κ3) is 3.24. The van der Waals surface area contributed by atoms with Gasteiger partial charge >= 0.3 is 0 Å². The number of rotatable bonds is 5. The van der Waals surface area contributed by atoms with E-state index in [2.05, 4.69) is 30.8 Å². The van der Waals surface area contributed by atoms with Gasteiger partial charge in [-0.25, -0.2) is 4.98 Å². The molecule has 4 nitrogen and oxygen atoms in total. The first-order chi connectivity index (χ1) is 10.1. The SMILES string of the molecule is CC(Cl)c1nc2cc(Br)ccc2n1CCNC(=O)C1CC1. The van der Waals surface area contributed by atoms with Crippen LogP contribution in [0.25, 0.3) is 11.0 Å². The van der Waals surface area contributed by atoms with Crippen LogP contribution in [-0.4, -0.2) is 22.0 Å². The number of amides is 1. The molecule has 0 bridgehead atoms. The highest BCUT2D eigenvalue weighted by atomic mass is 79.9. The molecule has 1 heterocycles. The maximum atomic E-state index is 11.7. The van der Waals surface area contributed by atoms with Crippen LogP contribution >= 0.6 is 27.5 Å². The van der Waals surface area contributed by atoms with E-state index in [1.807, 2.05) is 25.1 Å². The van der Waals surface area contributed by atoms with Gasteiger partial charge in [0, 0.05) is 23.5 Å². The molecule has 1 amide bonds. The van der Waals surface area contributed by atoms with E-state index in [9.17, 15) is 4.79 Å². The molecule has 0 saturated heterocycles. The lowest BCUT2D eigenvalue weighted by atomic mass is 10.3. The van der Waals surface area contributed by atoms with Crippen LogP contribution in [0.1, 0.15) is 31.0 Å². The fourth-order valence-electron chi connectivity index (χ4n) is 2.44. The van der Waals surface area contributed by atoms with Crippen LogP contribution in [-0.2, 0) is 11.3 Å². The van der Waals surface area contributed by atoms with Gasteiger partial charge < -0.3 is 9.88 Å². The van der Waals surface area contributed by atoms with E-state index in [1.54, 1.807) is 0 Å².